The van der Waals surface area contributed by atoms with Crippen molar-refractivity contribution in [2.24, 2.45) is 5.41 Å². The van der Waals surface area contributed by atoms with Crippen LogP contribution >= 0.6 is 0 Å². The number of esters is 2. The highest BCUT2D eigenvalue weighted by molar-refractivity contribution is 6.02. The molecule has 0 bridgehead atoms. The third kappa shape index (κ3) is 2.83. The van der Waals surface area contributed by atoms with Gasteiger partial charge in [0.2, 0.25) is 0 Å². The standard InChI is InChI=1S/C21H22O5/c1-24-17-10-8-14(9-11-17)18-12-15-6-4-5-7-16(15)13-21(18,19(22)25-2)20(23)26-3/h4-11,18H,12-13H2,1-3H3. The SMILES string of the molecule is COC(=O)C1(C(=O)OC)Cc2ccccc2CC1c1ccc(OC)cc1. The van der Waals surface area contributed by atoms with Crippen LogP contribution in [-0.4, -0.2) is 33.3 Å². The van der Waals surface area contributed by atoms with Gasteiger partial charge < -0.3 is 14.2 Å². The second-order valence-corrected chi connectivity index (χ2v) is 6.43. The van der Waals surface area contributed by atoms with E-state index in [0.717, 1.165) is 16.7 Å². The van der Waals surface area contributed by atoms with Gasteiger partial charge in [-0.1, -0.05) is 36.4 Å². The Morgan fingerprint density at radius 3 is 2.00 bits per heavy atom. The van der Waals surface area contributed by atoms with Crippen LogP contribution in [0.25, 0.3) is 0 Å². The van der Waals surface area contributed by atoms with Crippen LogP contribution in [0, 0.1) is 5.41 Å². The first kappa shape index (κ1) is 18.0. The molecule has 0 aromatic heterocycles. The Bertz CT molecular complexity index is 793. The van der Waals surface area contributed by atoms with Crippen LogP contribution in [0.4, 0.5) is 0 Å². The molecule has 2 aromatic rings. The number of benzene rings is 2. The van der Waals surface area contributed by atoms with Crippen molar-refractivity contribution in [1.29, 1.82) is 0 Å². The highest BCUT2D eigenvalue weighted by Gasteiger charge is 2.57. The van der Waals surface area contributed by atoms with Gasteiger partial charge in [0.15, 0.2) is 5.41 Å². The summed E-state index contributed by atoms with van der Waals surface area (Å²) in [4.78, 5) is 25.7. The summed E-state index contributed by atoms with van der Waals surface area (Å²) in [5.74, 6) is -0.811. The molecule has 1 aliphatic carbocycles. The Balaban J connectivity index is 2.18. The molecule has 3 rings (SSSR count). The lowest BCUT2D eigenvalue weighted by Crippen LogP contribution is -2.50. The number of methoxy groups -OCH3 is 3. The van der Waals surface area contributed by atoms with E-state index in [2.05, 4.69) is 0 Å². The Morgan fingerprint density at radius 1 is 0.885 bits per heavy atom. The van der Waals surface area contributed by atoms with Crippen molar-refractivity contribution in [2.75, 3.05) is 21.3 Å². The number of rotatable bonds is 4. The van der Waals surface area contributed by atoms with Crippen molar-refractivity contribution in [3.63, 3.8) is 0 Å². The number of carbonyl (C=O) groups is 2. The summed E-state index contributed by atoms with van der Waals surface area (Å²) in [7, 11) is 4.20. The number of carbonyl (C=O) groups excluding carboxylic acids is 2. The zero-order valence-corrected chi connectivity index (χ0v) is 15.2. The molecule has 0 saturated carbocycles. The van der Waals surface area contributed by atoms with Crippen LogP contribution in [0.15, 0.2) is 48.5 Å². The van der Waals surface area contributed by atoms with E-state index >= 15 is 0 Å². The Morgan fingerprint density at radius 2 is 1.46 bits per heavy atom. The minimum Gasteiger partial charge on any atom is -0.497 e. The number of hydrogen-bond donors (Lipinski definition) is 0. The lowest BCUT2D eigenvalue weighted by Gasteiger charge is -2.40. The summed E-state index contributed by atoms with van der Waals surface area (Å²) < 4.78 is 15.3. The summed E-state index contributed by atoms with van der Waals surface area (Å²) >= 11 is 0. The van der Waals surface area contributed by atoms with Gasteiger partial charge in [-0.3, -0.25) is 9.59 Å². The number of ether oxygens (including phenoxy) is 3. The van der Waals surface area contributed by atoms with Crippen LogP contribution in [-0.2, 0) is 31.9 Å². The highest BCUT2D eigenvalue weighted by Crippen LogP contribution is 2.48. The van der Waals surface area contributed by atoms with E-state index in [9.17, 15) is 9.59 Å². The molecule has 2 aromatic carbocycles. The summed E-state index contributed by atoms with van der Waals surface area (Å²) in [5.41, 5.74) is 1.55. The van der Waals surface area contributed by atoms with Crippen LogP contribution in [0.3, 0.4) is 0 Å². The maximum Gasteiger partial charge on any atom is 0.324 e. The molecule has 0 amide bonds. The van der Waals surface area contributed by atoms with Crippen LogP contribution in [0.5, 0.6) is 5.75 Å². The molecule has 0 N–H and O–H groups in total. The van der Waals surface area contributed by atoms with E-state index in [-0.39, 0.29) is 12.3 Å². The first-order chi connectivity index (χ1) is 12.6. The van der Waals surface area contributed by atoms with Gasteiger partial charge in [0.1, 0.15) is 5.75 Å². The normalized spacial score (nSPS) is 17.7. The summed E-state index contributed by atoms with van der Waals surface area (Å²) in [6, 6.07) is 15.3. The van der Waals surface area contributed by atoms with Gasteiger partial charge in [0, 0.05) is 12.3 Å². The molecule has 0 saturated heterocycles. The zero-order valence-electron chi connectivity index (χ0n) is 15.2. The van der Waals surface area contributed by atoms with E-state index in [1.54, 1.807) is 7.11 Å². The topological polar surface area (TPSA) is 61.8 Å². The summed E-state index contributed by atoms with van der Waals surface area (Å²) in [5, 5.41) is 0. The van der Waals surface area contributed by atoms with Crippen molar-refractivity contribution in [3.8, 4) is 5.75 Å². The van der Waals surface area contributed by atoms with Gasteiger partial charge in [-0.05, 0) is 35.2 Å². The van der Waals surface area contributed by atoms with E-state index in [1.165, 1.54) is 14.2 Å². The smallest absolute Gasteiger partial charge is 0.324 e. The zero-order chi connectivity index (χ0) is 18.7. The Labute approximate surface area is 152 Å². The molecule has 1 atom stereocenters. The second kappa shape index (κ2) is 7.20. The Hall–Kier alpha value is -2.82. The fourth-order valence-electron chi connectivity index (χ4n) is 3.86. The molecular formula is C21H22O5. The lowest BCUT2D eigenvalue weighted by atomic mass is 9.62. The minimum absolute atomic E-state index is 0.249. The molecule has 136 valence electrons. The molecule has 0 fully saturated rings. The third-order valence-electron chi connectivity index (χ3n) is 5.22. The first-order valence-corrected chi connectivity index (χ1v) is 8.44. The molecule has 5 heteroatoms. The quantitative estimate of drug-likeness (QED) is 0.624. The molecule has 1 aliphatic rings. The summed E-state index contributed by atoms with van der Waals surface area (Å²) in [6.45, 7) is 0. The van der Waals surface area contributed by atoms with Crippen LogP contribution in [0.1, 0.15) is 22.6 Å². The molecule has 0 heterocycles. The van der Waals surface area contributed by atoms with Gasteiger partial charge in [-0.25, -0.2) is 0 Å². The maximum atomic E-state index is 12.9. The highest BCUT2D eigenvalue weighted by atomic mass is 16.5. The van der Waals surface area contributed by atoms with Gasteiger partial charge in [-0.2, -0.15) is 0 Å². The third-order valence-corrected chi connectivity index (χ3v) is 5.22. The lowest BCUT2D eigenvalue weighted by molar-refractivity contribution is -0.171. The minimum atomic E-state index is -1.41. The van der Waals surface area contributed by atoms with Gasteiger partial charge in [-0.15, -0.1) is 0 Å². The van der Waals surface area contributed by atoms with Gasteiger partial charge >= 0.3 is 11.9 Å². The fraction of sp³-hybridized carbons (Fsp3) is 0.333. The largest absolute Gasteiger partial charge is 0.497 e. The van der Waals surface area contributed by atoms with Crippen LogP contribution < -0.4 is 4.74 Å². The predicted octanol–water partition coefficient (Wildman–Crippen LogP) is 2.91. The Kier molecular flexibility index (Phi) is 4.98. The maximum absolute atomic E-state index is 12.9. The second-order valence-electron chi connectivity index (χ2n) is 6.43. The number of fused-ring (bicyclic) bond motifs is 1. The molecule has 1 unspecified atom stereocenters. The van der Waals surface area contributed by atoms with Crippen molar-refractivity contribution >= 4 is 11.9 Å². The average molecular weight is 354 g/mol. The first-order valence-electron chi connectivity index (χ1n) is 8.44. The van der Waals surface area contributed by atoms with Crippen molar-refractivity contribution in [1.82, 2.24) is 0 Å². The molecule has 0 radical (unpaired) electrons. The van der Waals surface area contributed by atoms with Gasteiger partial charge in [0.25, 0.3) is 0 Å². The van der Waals surface area contributed by atoms with Crippen molar-refractivity contribution < 1.29 is 23.8 Å². The molecular weight excluding hydrogens is 332 g/mol. The predicted molar refractivity (Wildman–Crippen MR) is 96.1 cm³/mol. The van der Waals surface area contributed by atoms with Crippen LogP contribution in [0.2, 0.25) is 0 Å². The van der Waals surface area contributed by atoms with Gasteiger partial charge in [0.05, 0.1) is 21.3 Å². The van der Waals surface area contributed by atoms with Crippen molar-refractivity contribution in [2.45, 2.75) is 18.8 Å². The number of hydrogen-bond acceptors (Lipinski definition) is 5. The van der Waals surface area contributed by atoms with E-state index < -0.39 is 17.4 Å². The summed E-state index contributed by atoms with van der Waals surface area (Å²) in [6.07, 6.45) is 0.798. The molecule has 0 aliphatic heterocycles. The fourth-order valence-corrected chi connectivity index (χ4v) is 3.86. The molecule has 0 spiro atoms. The molecule has 26 heavy (non-hydrogen) atoms. The van der Waals surface area contributed by atoms with Crippen molar-refractivity contribution in [3.05, 3.63) is 65.2 Å². The monoisotopic (exact) mass is 354 g/mol. The molecule has 5 nitrogen and oxygen atoms in total. The van der Waals surface area contributed by atoms with E-state index in [1.807, 2.05) is 48.5 Å². The van der Waals surface area contributed by atoms with E-state index in [4.69, 9.17) is 14.2 Å². The average Bonchev–Trinajstić information content (AvgIpc) is 2.71. The van der Waals surface area contributed by atoms with E-state index in [0.29, 0.717) is 12.2 Å².